The van der Waals surface area contributed by atoms with Gasteiger partial charge in [0.2, 0.25) is 5.91 Å². The molecule has 1 atom stereocenters. The van der Waals surface area contributed by atoms with Crippen LogP contribution >= 0.6 is 11.8 Å². The molecule has 3 rings (SSSR count). The smallest absolute Gasteiger partial charge is 0.248 e. The fraction of sp³-hybridized carbons (Fsp3) is 0.318. The summed E-state index contributed by atoms with van der Waals surface area (Å²) in [4.78, 5) is 18.0. The van der Waals surface area contributed by atoms with Crippen molar-refractivity contribution < 1.29 is 4.79 Å². The van der Waals surface area contributed by atoms with Gasteiger partial charge in [-0.1, -0.05) is 12.1 Å². The van der Waals surface area contributed by atoms with E-state index < -0.39 is 0 Å². The molecule has 142 valence electrons. The molecule has 1 aliphatic heterocycles. The summed E-state index contributed by atoms with van der Waals surface area (Å²) in [5.41, 5.74) is 3.04. The van der Waals surface area contributed by atoms with E-state index in [0.717, 1.165) is 24.3 Å². The zero-order chi connectivity index (χ0) is 19.2. The first-order chi connectivity index (χ1) is 13.0. The van der Waals surface area contributed by atoms with Gasteiger partial charge in [0.15, 0.2) is 0 Å². The number of hydrogen-bond donors (Lipinski definition) is 1. The molecule has 1 saturated heterocycles. The minimum absolute atomic E-state index is 0.120. The van der Waals surface area contributed by atoms with Crippen molar-refractivity contribution in [1.82, 2.24) is 4.90 Å². The second kappa shape index (κ2) is 9.11. The number of carbonyl (C=O) groups excluding carboxylic acids is 1. The molecule has 1 heterocycles. The largest absolute Gasteiger partial charge is 0.370 e. The molecule has 1 aliphatic rings. The SMILES string of the molecule is CSc1ccc(/C=C/C(=O)Nc2ccc(N3CCC(N(C)C)C3)cc2)cc1. The van der Waals surface area contributed by atoms with Crippen molar-refractivity contribution in [2.24, 2.45) is 0 Å². The summed E-state index contributed by atoms with van der Waals surface area (Å²) in [5.74, 6) is -0.120. The van der Waals surface area contributed by atoms with Crippen LogP contribution in [0.25, 0.3) is 6.08 Å². The summed E-state index contributed by atoms with van der Waals surface area (Å²) in [6.07, 6.45) is 6.64. The van der Waals surface area contributed by atoms with E-state index in [0.29, 0.717) is 6.04 Å². The van der Waals surface area contributed by atoms with Gasteiger partial charge in [0.1, 0.15) is 0 Å². The lowest BCUT2D eigenvalue weighted by Crippen LogP contribution is -2.31. The van der Waals surface area contributed by atoms with Crippen LogP contribution in [0.4, 0.5) is 11.4 Å². The molecule has 2 aromatic rings. The van der Waals surface area contributed by atoms with Gasteiger partial charge in [0.25, 0.3) is 0 Å². The lowest BCUT2D eigenvalue weighted by molar-refractivity contribution is -0.111. The van der Waals surface area contributed by atoms with E-state index in [2.05, 4.69) is 53.5 Å². The highest BCUT2D eigenvalue weighted by molar-refractivity contribution is 7.98. The predicted octanol–water partition coefficient (Wildman–Crippen LogP) is 4.20. The standard InChI is InChI=1S/C22H27N3OS/c1-24(2)20-14-15-25(16-20)19-9-7-18(8-10-19)23-22(26)13-6-17-4-11-21(27-3)12-5-17/h4-13,20H,14-16H2,1-3H3,(H,23,26)/b13-6+. The van der Waals surface area contributed by atoms with Gasteiger partial charge in [0.05, 0.1) is 0 Å². The number of carbonyl (C=O) groups is 1. The minimum Gasteiger partial charge on any atom is -0.370 e. The van der Waals surface area contributed by atoms with Gasteiger partial charge in [-0.2, -0.15) is 0 Å². The summed E-state index contributed by atoms with van der Waals surface area (Å²) in [7, 11) is 4.27. The van der Waals surface area contributed by atoms with Crippen LogP contribution in [0.5, 0.6) is 0 Å². The van der Waals surface area contributed by atoms with Gasteiger partial charge in [-0.15, -0.1) is 11.8 Å². The number of nitrogens with zero attached hydrogens (tertiary/aromatic N) is 2. The van der Waals surface area contributed by atoms with Crippen LogP contribution in [0, 0.1) is 0 Å². The molecule has 0 aliphatic carbocycles. The number of anilines is 2. The minimum atomic E-state index is -0.120. The van der Waals surface area contributed by atoms with Crippen LogP contribution in [0.1, 0.15) is 12.0 Å². The Hall–Kier alpha value is -2.24. The molecule has 0 spiro atoms. The van der Waals surface area contributed by atoms with Crippen LogP contribution in [-0.2, 0) is 4.79 Å². The Morgan fingerprint density at radius 2 is 1.85 bits per heavy atom. The van der Waals surface area contributed by atoms with Crippen LogP contribution in [-0.4, -0.2) is 50.3 Å². The first-order valence-electron chi connectivity index (χ1n) is 9.20. The van der Waals surface area contributed by atoms with E-state index >= 15 is 0 Å². The van der Waals surface area contributed by atoms with Gasteiger partial charge < -0.3 is 15.1 Å². The van der Waals surface area contributed by atoms with Crippen molar-refractivity contribution in [2.75, 3.05) is 43.7 Å². The summed E-state index contributed by atoms with van der Waals surface area (Å²) < 4.78 is 0. The molecule has 1 fully saturated rings. The van der Waals surface area contributed by atoms with Crippen molar-refractivity contribution in [3.8, 4) is 0 Å². The number of nitrogens with one attached hydrogen (secondary N) is 1. The number of amides is 1. The third-order valence-electron chi connectivity index (χ3n) is 4.94. The van der Waals surface area contributed by atoms with Crippen molar-refractivity contribution in [2.45, 2.75) is 17.4 Å². The maximum Gasteiger partial charge on any atom is 0.248 e. The van der Waals surface area contributed by atoms with E-state index in [4.69, 9.17) is 0 Å². The molecule has 0 aromatic heterocycles. The zero-order valence-corrected chi connectivity index (χ0v) is 17.0. The molecular formula is C22H27N3OS. The number of hydrogen-bond acceptors (Lipinski definition) is 4. The maximum atomic E-state index is 12.2. The van der Waals surface area contributed by atoms with Crippen LogP contribution in [0.2, 0.25) is 0 Å². The Kier molecular flexibility index (Phi) is 6.58. The summed E-state index contributed by atoms with van der Waals surface area (Å²) in [5, 5.41) is 2.92. The lowest BCUT2D eigenvalue weighted by Gasteiger charge is -2.22. The number of likely N-dealkylation sites (N-methyl/N-ethyl adjacent to an activating group) is 1. The first-order valence-corrected chi connectivity index (χ1v) is 10.4. The molecule has 2 aromatic carbocycles. The summed E-state index contributed by atoms with van der Waals surface area (Å²) >= 11 is 1.71. The molecule has 4 nitrogen and oxygen atoms in total. The fourth-order valence-corrected chi connectivity index (χ4v) is 3.63. The quantitative estimate of drug-likeness (QED) is 0.601. The number of rotatable bonds is 6. The Morgan fingerprint density at radius 3 is 2.44 bits per heavy atom. The molecule has 1 N–H and O–H groups in total. The highest BCUT2D eigenvalue weighted by atomic mass is 32.2. The second-order valence-corrected chi connectivity index (χ2v) is 7.87. The maximum absolute atomic E-state index is 12.2. The van der Waals surface area contributed by atoms with E-state index in [1.54, 1.807) is 17.8 Å². The molecule has 0 bridgehead atoms. The summed E-state index contributed by atoms with van der Waals surface area (Å²) in [6.45, 7) is 2.13. The van der Waals surface area contributed by atoms with Gasteiger partial charge >= 0.3 is 0 Å². The van der Waals surface area contributed by atoms with Crippen molar-refractivity contribution in [3.05, 3.63) is 60.2 Å². The van der Waals surface area contributed by atoms with Crippen molar-refractivity contribution >= 4 is 35.1 Å². The molecule has 27 heavy (non-hydrogen) atoms. The van der Waals surface area contributed by atoms with E-state index in [1.165, 1.54) is 17.0 Å². The average Bonchev–Trinajstić information content (AvgIpc) is 3.18. The fourth-order valence-electron chi connectivity index (χ4n) is 3.22. The average molecular weight is 382 g/mol. The number of thioether (sulfide) groups is 1. The predicted molar refractivity (Wildman–Crippen MR) is 117 cm³/mol. The third-order valence-corrected chi connectivity index (χ3v) is 5.68. The van der Waals surface area contributed by atoms with E-state index in [-0.39, 0.29) is 5.91 Å². The summed E-state index contributed by atoms with van der Waals surface area (Å²) in [6, 6.07) is 16.9. The zero-order valence-electron chi connectivity index (χ0n) is 16.2. The molecule has 1 amide bonds. The van der Waals surface area contributed by atoms with Gasteiger partial charge in [-0.05, 0) is 74.8 Å². The highest BCUT2D eigenvalue weighted by Gasteiger charge is 2.23. The monoisotopic (exact) mass is 381 g/mol. The molecule has 1 unspecified atom stereocenters. The van der Waals surface area contributed by atoms with Crippen LogP contribution in [0.15, 0.2) is 59.5 Å². The normalized spacial score (nSPS) is 17.0. The van der Waals surface area contributed by atoms with E-state index in [9.17, 15) is 4.79 Å². The topological polar surface area (TPSA) is 35.6 Å². The second-order valence-electron chi connectivity index (χ2n) is 6.99. The first kappa shape index (κ1) is 19.5. The Balaban J connectivity index is 1.54. The lowest BCUT2D eigenvalue weighted by atomic mass is 10.2. The van der Waals surface area contributed by atoms with Gasteiger partial charge in [-0.3, -0.25) is 4.79 Å². The van der Waals surface area contributed by atoms with Crippen molar-refractivity contribution in [1.29, 1.82) is 0 Å². The Labute approximate surface area is 166 Å². The Morgan fingerprint density at radius 1 is 1.15 bits per heavy atom. The molecular weight excluding hydrogens is 354 g/mol. The van der Waals surface area contributed by atoms with E-state index in [1.807, 2.05) is 36.6 Å². The number of benzene rings is 2. The molecule has 5 heteroatoms. The van der Waals surface area contributed by atoms with Crippen LogP contribution < -0.4 is 10.2 Å². The molecule has 0 radical (unpaired) electrons. The van der Waals surface area contributed by atoms with Crippen molar-refractivity contribution in [3.63, 3.8) is 0 Å². The third kappa shape index (κ3) is 5.37. The molecule has 0 saturated carbocycles. The highest BCUT2D eigenvalue weighted by Crippen LogP contribution is 2.24. The van der Waals surface area contributed by atoms with Gasteiger partial charge in [0, 0.05) is 41.5 Å². The van der Waals surface area contributed by atoms with Crippen LogP contribution in [0.3, 0.4) is 0 Å². The Bertz CT molecular complexity index is 784. The van der Waals surface area contributed by atoms with Gasteiger partial charge in [-0.25, -0.2) is 0 Å².